The zero-order valence-electron chi connectivity index (χ0n) is 9.54. The van der Waals surface area contributed by atoms with E-state index in [0.29, 0.717) is 11.3 Å². The Labute approximate surface area is 103 Å². The summed E-state index contributed by atoms with van der Waals surface area (Å²) < 4.78 is 10.3. The molecule has 0 aliphatic heterocycles. The molecular formula is C13H10O5. The highest BCUT2D eigenvalue weighted by Gasteiger charge is 2.10. The van der Waals surface area contributed by atoms with Crippen LogP contribution in [0.5, 0.6) is 11.7 Å². The highest BCUT2D eigenvalue weighted by molar-refractivity contribution is 5.94. The molecule has 5 nitrogen and oxygen atoms in total. The summed E-state index contributed by atoms with van der Waals surface area (Å²) in [6.45, 7) is 1.45. The summed E-state index contributed by atoms with van der Waals surface area (Å²) in [6.07, 6.45) is 0. The molecule has 0 spiro atoms. The number of Topliss-reactive ketones (excluding diaryl/α,β-unsaturated/α-hetero) is 1. The largest absolute Gasteiger partial charge is 0.475 e. The van der Waals surface area contributed by atoms with Gasteiger partial charge < -0.3 is 14.3 Å². The van der Waals surface area contributed by atoms with Gasteiger partial charge in [0.1, 0.15) is 5.75 Å². The highest BCUT2D eigenvalue weighted by Crippen LogP contribution is 2.24. The topological polar surface area (TPSA) is 76.7 Å². The van der Waals surface area contributed by atoms with E-state index in [4.69, 9.17) is 14.3 Å². The molecule has 1 heterocycles. The van der Waals surface area contributed by atoms with E-state index < -0.39 is 5.97 Å². The number of ketones is 1. The molecule has 0 saturated heterocycles. The van der Waals surface area contributed by atoms with E-state index in [2.05, 4.69) is 0 Å². The zero-order valence-corrected chi connectivity index (χ0v) is 9.54. The lowest BCUT2D eigenvalue weighted by molar-refractivity contribution is 0.0657. The molecule has 1 aromatic heterocycles. The smallest absolute Gasteiger partial charge is 0.371 e. The van der Waals surface area contributed by atoms with Crippen LogP contribution >= 0.6 is 0 Å². The first-order valence-corrected chi connectivity index (χ1v) is 5.18. The Balaban J connectivity index is 2.20. The zero-order chi connectivity index (χ0) is 13.1. The maximum atomic E-state index is 11.2. The van der Waals surface area contributed by atoms with Crippen LogP contribution < -0.4 is 4.74 Å². The minimum absolute atomic E-state index is 0.0631. The van der Waals surface area contributed by atoms with Gasteiger partial charge in [-0.1, -0.05) is 12.1 Å². The second kappa shape index (κ2) is 4.75. The van der Waals surface area contributed by atoms with Crippen molar-refractivity contribution in [2.75, 3.05) is 0 Å². The molecule has 1 aromatic carbocycles. The Morgan fingerprint density at radius 1 is 1.22 bits per heavy atom. The maximum Gasteiger partial charge on any atom is 0.371 e. The summed E-state index contributed by atoms with van der Waals surface area (Å²) in [7, 11) is 0. The third kappa shape index (κ3) is 2.57. The number of hydrogen-bond acceptors (Lipinski definition) is 4. The van der Waals surface area contributed by atoms with E-state index in [9.17, 15) is 9.59 Å². The van der Waals surface area contributed by atoms with Gasteiger partial charge in [-0.3, -0.25) is 4.79 Å². The molecule has 5 heteroatoms. The fourth-order valence-electron chi connectivity index (χ4n) is 1.38. The standard InChI is InChI=1S/C13H10O5/c1-8(14)9-3-2-4-10(7-9)17-12-6-5-11(18-12)13(15)16/h2-7H,1H3,(H,15,16). The van der Waals surface area contributed by atoms with E-state index >= 15 is 0 Å². The summed E-state index contributed by atoms with van der Waals surface area (Å²) in [4.78, 5) is 21.8. The van der Waals surface area contributed by atoms with Gasteiger partial charge in [-0.2, -0.15) is 0 Å². The van der Waals surface area contributed by atoms with Crippen molar-refractivity contribution >= 4 is 11.8 Å². The molecule has 0 saturated carbocycles. The predicted octanol–water partition coefficient (Wildman–Crippen LogP) is 2.97. The number of furan rings is 1. The number of carbonyl (C=O) groups excluding carboxylic acids is 1. The number of carboxylic acids is 1. The van der Waals surface area contributed by atoms with Crippen molar-refractivity contribution in [3.63, 3.8) is 0 Å². The predicted molar refractivity (Wildman–Crippen MR) is 62.2 cm³/mol. The van der Waals surface area contributed by atoms with Gasteiger partial charge in [-0.25, -0.2) is 4.79 Å². The molecule has 0 bridgehead atoms. The van der Waals surface area contributed by atoms with E-state index in [1.807, 2.05) is 0 Å². The van der Waals surface area contributed by atoms with Crippen molar-refractivity contribution in [1.82, 2.24) is 0 Å². The number of hydrogen-bond donors (Lipinski definition) is 1. The lowest BCUT2D eigenvalue weighted by Crippen LogP contribution is -1.93. The average Bonchev–Trinajstić information content (AvgIpc) is 2.78. The van der Waals surface area contributed by atoms with Crippen LogP contribution in [0.3, 0.4) is 0 Å². The Morgan fingerprint density at radius 3 is 2.61 bits per heavy atom. The van der Waals surface area contributed by atoms with Crippen LogP contribution in [0.2, 0.25) is 0 Å². The molecule has 18 heavy (non-hydrogen) atoms. The highest BCUT2D eigenvalue weighted by atomic mass is 16.6. The van der Waals surface area contributed by atoms with Gasteiger partial charge in [0.2, 0.25) is 5.76 Å². The van der Waals surface area contributed by atoms with Gasteiger partial charge in [0, 0.05) is 11.6 Å². The quantitative estimate of drug-likeness (QED) is 0.839. The fourth-order valence-corrected chi connectivity index (χ4v) is 1.38. The Morgan fingerprint density at radius 2 is 2.00 bits per heavy atom. The molecule has 0 amide bonds. The summed E-state index contributed by atoms with van der Waals surface area (Å²) >= 11 is 0. The third-order valence-electron chi connectivity index (χ3n) is 2.25. The SMILES string of the molecule is CC(=O)c1cccc(Oc2ccc(C(=O)O)o2)c1. The molecule has 0 aliphatic rings. The number of benzene rings is 1. The molecule has 0 fully saturated rings. The summed E-state index contributed by atoms with van der Waals surface area (Å²) in [5.74, 6) is -0.969. The molecule has 0 unspecified atom stereocenters. The van der Waals surface area contributed by atoms with Gasteiger partial charge in [0.05, 0.1) is 0 Å². The first-order chi connectivity index (χ1) is 8.56. The Bertz CT molecular complexity index is 597. The van der Waals surface area contributed by atoms with Gasteiger partial charge in [-0.05, 0) is 25.1 Å². The van der Waals surface area contributed by atoms with Crippen molar-refractivity contribution in [3.8, 4) is 11.7 Å². The minimum atomic E-state index is -1.16. The van der Waals surface area contributed by atoms with Crippen LogP contribution in [0.25, 0.3) is 0 Å². The van der Waals surface area contributed by atoms with Crippen molar-refractivity contribution in [2.45, 2.75) is 6.92 Å². The minimum Gasteiger partial charge on any atom is -0.475 e. The van der Waals surface area contributed by atoms with Crippen LogP contribution in [0, 0.1) is 0 Å². The summed E-state index contributed by atoms with van der Waals surface area (Å²) in [6, 6.07) is 9.25. The van der Waals surface area contributed by atoms with E-state index in [1.165, 1.54) is 19.1 Å². The van der Waals surface area contributed by atoms with Crippen molar-refractivity contribution in [2.24, 2.45) is 0 Å². The number of carboxylic acid groups (broad SMARTS) is 1. The molecule has 0 aliphatic carbocycles. The van der Waals surface area contributed by atoms with Crippen molar-refractivity contribution in [1.29, 1.82) is 0 Å². The number of rotatable bonds is 4. The van der Waals surface area contributed by atoms with Gasteiger partial charge >= 0.3 is 5.97 Å². The Kier molecular flexibility index (Phi) is 3.14. The van der Waals surface area contributed by atoms with Crippen molar-refractivity contribution in [3.05, 3.63) is 47.7 Å². The van der Waals surface area contributed by atoms with Crippen LogP contribution in [0.4, 0.5) is 0 Å². The van der Waals surface area contributed by atoms with E-state index in [1.54, 1.807) is 24.3 Å². The van der Waals surface area contributed by atoms with Gasteiger partial charge in [0.25, 0.3) is 5.95 Å². The van der Waals surface area contributed by atoms with E-state index in [-0.39, 0.29) is 17.5 Å². The third-order valence-corrected chi connectivity index (χ3v) is 2.25. The molecule has 1 N–H and O–H groups in total. The number of aromatic carboxylic acids is 1. The van der Waals surface area contributed by atoms with Crippen molar-refractivity contribution < 1.29 is 23.8 Å². The monoisotopic (exact) mass is 246 g/mol. The Hall–Kier alpha value is -2.56. The normalized spacial score (nSPS) is 10.1. The lowest BCUT2D eigenvalue weighted by Gasteiger charge is -2.03. The molecule has 2 aromatic rings. The summed E-state index contributed by atoms with van der Waals surface area (Å²) in [5, 5.41) is 8.69. The molecule has 0 atom stereocenters. The maximum absolute atomic E-state index is 11.2. The van der Waals surface area contributed by atoms with Gasteiger partial charge in [-0.15, -0.1) is 0 Å². The average molecular weight is 246 g/mol. The second-order valence-corrected chi connectivity index (χ2v) is 3.61. The molecular weight excluding hydrogens is 236 g/mol. The van der Waals surface area contributed by atoms with Crippen LogP contribution in [-0.2, 0) is 0 Å². The first-order valence-electron chi connectivity index (χ1n) is 5.18. The summed E-state index contributed by atoms with van der Waals surface area (Å²) in [5.41, 5.74) is 0.512. The fraction of sp³-hybridized carbons (Fsp3) is 0.0769. The van der Waals surface area contributed by atoms with Crippen LogP contribution in [0.15, 0.2) is 40.8 Å². The number of ether oxygens (including phenoxy) is 1. The first kappa shape index (κ1) is 11.9. The van der Waals surface area contributed by atoms with Crippen LogP contribution in [-0.4, -0.2) is 16.9 Å². The van der Waals surface area contributed by atoms with E-state index in [0.717, 1.165) is 0 Å². The molecule has 2 rings (SSSR count). The molecule has 0 radical (unpaired) electrons. The lowest BCUT2D eigenvalue weighted by atomic mass is 10.1. The molecule has 92 valence electrons. The number of carbonyl (C=O) groups is 2. The second-order valence-electron chi connectivity index (χ2n) is 3.61. The van der Waals surface area contributed by atoms with Crippen LogP contribution in [0.1, 0.15) is 27.8 Å². The van der Waals surface area contributed by atoms with Gasteiger partial charge in [0.15, 0.2) is 5.78 Å².